The van der Waals surface area contributed by atoms with Gasteiger partial charge in [-0.15, -0.1) is 0 Å². The van der Waals surface area contributed by atoms with E-state index in [-0.39, 0.29) is 11.7 Å². The number of rotatable bonds is 7. The first kappa shape index (κ1) is 25.9. The van der Waals surface area contributed by atoms with Gasteiger partial charge in [-0.3, -0.25) is 9.48 Å². The minimum absolute atomic E-state index is 0.206. The van der Waals surface area contributed by atoms with Crippen LogP contribution in [0.5, 0.6) is 0 Å². The molecule has 0 saturated carbocycles. The van der Waals surface area contributed by atoms with Crippen LogP contribution in [0.4, 0.5) is 5.95 Å². The summed E-state index contributed by atoms with van der Waals surface area (Å²) in [6.45, 7) is 5.08. The second-order valence-corrected chi connectivity index (χ2v) is 10.3. The Kier molecular flexibility index (Phi) is 7.61. The number of nitrogens with zero attached hydrogens (tertiary/aromatic N) is 8. The van der Waals surface area contributed by atoms with Crippen LogP contribution < -0.4 is 15.8 Å². The summed E-state index contributed by atoms with van der Waals surface area (Å²) in [5, 5.41) is 21.7. The minimum atomic E-state index is -0.254. The van der Waals surface area contributed by atoms with Gasteiger partial charge in [0.1, 0.15) is 0 Å². The number of aromatic nitrogens is 6. The van der Waals surface area contributed by atoms with Gasteiger partial charge in [-0.2, -0.15) is 15.5 Å². The van der Waals surface area contributed by atoms with Crippen molar-refractivity contribution in [3.8, 4) is 28.5 Å². The van der Waals surface area contributed by atoms with Gasteiger partial charge in [-0.05, 0) is 50.0 Å². The summed E-state index contributed by atoms with van der Waals surface area (Å²) in [5.74, 6) is 1.28. The molecule has 0 aliphatic carbocycles. The van der Waals surface area contributed by atoms with Gasteiger partial charge in [0.05, 0.1) is 42.8 Å². The van der Waals surface area contributed by atoms with Gasteiger partial charge >= 0.3 is 0 Å². The quantitative estimate of drug-likeness (QED) is 0.378. The van der Waals surface area contributed by atoms with Crippen molar-refractivity contribution in [1.82, 2.24) is 34.8 Å². The van der Waals surface area contributed by atoms with E-state index >= 15 is 0 Å². The first-order valence-electron chi connectivity index (χ1n) is 13.7. The maximum absolute atomic E-state index is 12.6. The highest BCUT2D eigenvalue weighted by molar-refractivity contribution is 5.61. The molecular weight excluding hydrogens is 506 g/mol. The first-order chi connectivity index (χ1) is 19.6. The molecular formula is C29H31N9O2. The van der Waals surface area contributed by atoms with Gasteiger partial charge in [-0.25, -0.2) is 14.6 Å². The fourth-order valence-corrected chi connectivity index (χ4v) is 5.26. The molecule has 2 aliphatic rings. The fourth-order valence-electron chi connectivity index (χ4n) is 5.26. The van der Waals surface area contributed by atoms with Crippen LogP contribution in [0.2, 0.25) is 0 Å². The molecule has 11 heteroatoms. The van der Waals surface area contributed by atoms with E-state index in [4.69, 9.17) is 4.74 Å². The van der Waals surface area contributed by atoms with E-state index < -0.39 is 0 Å². The highest BCUT2D eigenvalue weighted by Gasteiger charge is 2.24. The summed E-state index contributed by atoms with van der Waals surface area (Å²) < 4.78 is 9.42. The zero-order valence-corrected chi connectivity index (χ0v) is 22.2. The molecule has 6 rings (SSSR count). The molecule has 0 unspecified atom stereocenters. The zero-order valence-electron chi connectivity index (χ0n) is 22.2. The normalized spacial score (nSPS) is 18.0. The van der Waals surface area contributed by atoms with E-state index in [1.54, 1.807) is 24.3 Å². The van der Waals surface area contributed by atoms with Crippen molar-refractivity contribution in [2.45, 2.75) is 32.0 Å². The number of hydrogen-bond donors (Lipinski definition) is 1. The van der Waals surface area contributed by atoms with Gasteiger partial charge in [0.15, 0.2) is 0 Å². The van der Waals surface area contributed by atoms with Crippen LogP contribution in [-0.4, -0.2) is 68.4 Å². The molecule has 11 nitrogen and oxygen atoms in total. The van der Waals surface area contributed by atoms with Crippen LogP contribution in [-0.2, 0) is 17.8 Å². The smallest absolute Gasteiger partial charge is 0.266 e. The molecule has 1 atom stereocenters. The summed E-state index contributed by atoms with van der Waals surface area (Å²) >= 11 is 0. The molecule has 1 N–H and O–H groups in total. The Morgan fingerprint density at radius 1 is 1.02 bits per heavy atom. The number of nitrogens with one attached hydrogen (secondary N) is 1. The Hall–Kier alpha value is -4.40. The molecule has 0 amide bonds. The Morgan fingerprint density at radius 2 is 1.88 bits per heavy atom. The van der Waals surface area contributed by atoms with E-state index in [0.29, 0.717) is 49.4 Å². The Labute approximate surface area is 232 Å². The summed E-state index contributed by atoms with van der Waals surface area (Å²) in [7, 11) is 0. The van der Waals surface area contributed by atoms with Crippen molar-refractivity contribution in [3.05, 3.63) is 77.1 Å². The molecule has 0 spiro atoms. The lowest BCUT2D eigenvalue weighted by atomic mass is 9.98. The Morgan fingerprint density at radius 3 is 2.70 bits per heavy atom. The monoisotopic (exact) mass is 537 g/mol. The van der Waals surface area contributed by atoms with E-state index in [0.717, 1.165) is 36.3 Å². The molecule has 204 valence electrons. The average molecular weight is 538 g/mol. The zero-order chi connectivity index (χ0) is 27.3. The van der Waals surface area contributed by atoms with Crippen molar-refractivity contribution in [1.29, 1.82) is 5.26 Å². The second kappa shape index (κ2) is 11.8. The maximum atomic E-state index is 12.6. The van der Waals surface area contributed by atoms with Gasteiger partial charge < -0.3 is 15.0 Å². The van der Waals surface area contributed by atoms with Crippen LogP contribution in [0.3, 0.4) is 0 Å². The minimum Gasteiger partial charge on any atom is -0.373 e. The number of ether oxygens (including phenoxy) is 1. The van der Waals surface area contributed by atoms with Crippen LogP contribution in [0.25, 0.3) is 22.4 Å². The Bertz CT molecular complexity index is 1550. The molecule has 4 aromatic rings. The van der Waals surface area contributed by atoms with Crippen LogP contribution >= 0.6 is 0 Å². The lowest BCUT2D eigenvalue weighted by Crippen LogP contribution is -2.46. The summed E-state index contributed by atoms with van der Waals surface area (Å²) in [6.07, 6.45) is 9.73. The third kappa shape index (κ3) is 5.93. The standard InChI is InChI=1S/C29H31N9O2/c30-13-22-2-1-3-23(12-22)27-4-5-28(39)38(35-27)20-26-19-36(10-11-40-26)29-32-14-24(15-33-29)25-16-34-37(18-25)17-21-6-8-31-9-7-21/h1-5,12,14-16,18,21,26,31H,6-11,17,19-20H2/t26-/m0/s1. The van der Waals surface area contributed by atoms with E-state index in [1.165, 1.54) is 23.6 Å². The van der Waals surface area contributed by atoms with Crippen LogP contribution in [0, 0.1) is 17.2 Å². The first-order valence-corrected chi connectivity index (χ1v) is 13.7. The molecule has 0 bridgehead atoms. The largest absolute Gasteiger partial charge is 0.373 e. The maximum Gasteiger partial charge on any atom is 0.266 e. The molecule has 1 aromatic carbocycles. The van der Waals surface area contributed by atoms with Gasteiger partial charge in [0.25, 0.3) is 5.56 Å². The highest BCUT2D eigenvalue weighted by atomic mass is 16.5. The number of piperidine rings is 1. The number of anilines is 1. The molecule has 40 heavy (non-hydrogen) atoms. The molecule has 2 aliphatic heterocycles. The van der Waals surface area contributed by atoms with Crippen molar-refractivity contribution in [2.24, 2.45) is 5.92 Å². The summed E-state index contributed by atoms with van der Waals surface area (Å²) in [6, 6.07) is 12.5. The highest BCUT2D eigenvalue weighted by Crippen LogP contribution is 2.22. The summed E-state index contributed by atoms with van der Waals surface area (Å²) in [5.41, 5.74) is 3.68. The topological polar surface area (TPSA) is 127 Å². The van der Waals surface area contributed by atoms with Crippen LogP contribution in [0.15, 0.2) is 66.0 Å². The van der Waals surface area contributed by atoms with Gasteiger partial charge in [0.2, 0.25) is 5.95 Å². The van der Waals surface area contributed by atoms with Crippen molar-refractivity contribution in [3.63, 3.8) is 0 Å². The number of benzene rings is 1. The predicted molar refractivity (Wildman–Crippen MR) is 149 cm³/mol. The summed E-state index contributed by atoms with van der Waals surface area (Å²) in [4.78, 5) is 23.9. The molecule has 2 saturated heterocycles. The number of nitriles is 1. The lowest BCUT2D eigenvalue weighted by Gasteiger charge is -2.33. The van der Waals surface area contributed by atoms with Gasteiger partial charge in [0, 0.05) is 61.0 Å². The van der Waals surface area contributed by atoms with Gasteiger partial charge in [-0.1, -0.05) is 12.1 Å². The Balaban J connectivity index is 1.11. The number of hydrogen-bond acceptors (Lipinski definition) is 9. The molecule has 0 radical (unpaired) electrons. The average Bonchev–Trinajstić information content (AvgIpc) is 3.47. The third-order valence-electron chi connectivity index (χ3n) is 7.46. The second-order valence-electron chi connectivity index (χ2n) is 10.3. The van der Waals surface area contributed by atoms with Crippen LogP contribution in [0.1, 0.15) is 18.4 Å². The SMILES string of the molecule is N#Cc1cccc(-c2ccc(=O)n(C[C@@H]3CN(c4ncc(-c5cnn(CC6CCNCC6)c5)cn4)CCO3)n2)c1. The number of morpholine rings is 1. The molecule has 3 aromatic heterocycles. The predicted octanol–water partition coefficient (Wildman–Crippen LogP) is 2.34. The van der Waals surface area contributed by atoms with E-state index in [9.17, 15) is 10.1 Å². The van der Waals surface area contributed by atoms with Crippen molar-refractivity contribution >= 4 is 5.95 Å². The fraction of sp³-hybridized carbons (Fsp3) is 0.379. The third-order valence-corrected chi connectivity index (χ3v) is 7.46. The van der Waals surface area contributed by atoms with Crippen molar-refractivity contribution < 1.29 is 4.74 Å². The van der Waals surface area contributed by atoms with Crippen molar-refractivity contribution in [2.75, 3.05) is 37.7 Å². The lowest BCUT2D eigenvalue weighted by molar-refractivity contribution is 0.0260. The molecule has 5 heterocycles. The van der Waals surface area contributed by atoms with E-state index in [2.05, 4.69) is 42.6 Å². The molecule has 2 fully saturated rings. The van der Waals surface area contributed by atoms with E-state index in [1.807, 2.05) is 29.3 Å².